The maximum Gasteiger partial charge on any atom is 0.243 e. The standard InChI is InChI=1S/C14H18N2O4S2/c1-9-15-12-3-2-11(6-14(12)21-9)22(19,20)16-5-4-10(8-17)13(18)7-16/h2-3,6,10,13,17-18H,4-5,7-8H2,1H3/t10-,13+/m0/s1. The first kappa shape index (κ1) is 15.8. The highest BCUT2D eigenvalue weighted by atomic mass is 32.2. The molecule has 1 fully saturated rings. The smallest absolute Gasteiger partial charge is 0.243 e. The maximum atomic E-state index is 12.7. The molecule has 2 heterocycles. The second-order valence-electron chi connectivity index (χ2n) is 5.52. The van der Waals surface area contributed by atoms with Gasteiger partial charge in [-0.3, -0.25) is 0 Å². The van der Waals surface area contributed by atoms with Gasteiger partial charge in [-0.25, -0.2) is 13.4 Å². The molecule has 1 aromatic heterocycles. The second kappa shape index (κ2) is 5.86. The zero-order valence-corrected chi connectivity index (χ0v) is 13.8. The zero-order valence-electron chi connectivity index (χ0n) is 12.1. The van der Waals surface area contributed by atoms with Crippen LogP contribution in [0.4, 0.5) is 0 Å². The monoisotopic (exact) mass is 342 g/mol. The van der Waals surface area contributed by atoms with Crippen LogP contribution >= 0.6 is 11.3 Å². The summed E-state index contributed by atoms with van der Waals surface area (Å²) in [7, 11) is -3.64. The fourth-order valence-corrected chi connectivity index (χ4v) is 5.15. The zero-order chi connectivity index (χ0) is 15.9. The number of piperidine rings is 1. The van der Waals surface area contributed by atoms with Crippen LogP contribution in [-0.4, -0.2) is 53.7 Å². The summed E-state index contributed by atoms with van der Waals surface area (Å²) in [6, 6.07) is 4.91. The molecule has 0 aliphatic carbocycles. The summed E-state index contributed by atoms with van der Waals surface area (Å²) in [5.41, 5.74) is 0.792. The first-order valence-electron chi connectivity index (χ1n) is 7.08. The summed E-state index contributed by atoms with van der Waals surface area (Å²) < 4.78 is 27.6. The number of aliphatic hydroxyl groups is 2. The Morgan fingerprint density at radius 1 is 1.45 bits per heavy atom. The third-order valence-electron chi connectivity index (χ3n) is 4.02. The highest BCUT2D eigenvalue weighted by Crippen LogP contribution is 2.28. The molecule has 3 rings (SSSR count). The van der Waals surface area contributed by atoms with Gasteiger partial charge in [0.05, 0.1) is 26.2 Å². The van der Waals surface area contributed by atoms with E-state index in [2.05, 4.69) is 4.98 Å². The second-order valence-corrected chi connectivity index (χ2v) is 8.70. The van der Waals surface area contributed by atoms with Gasteiger partial charge in [0.1, 0.15) is 0 Å². The molecule has 6 nitrogen and oxygen atoms in total. The third-order valence-corrected chi connectivity index (χ3v) is 6.82. The van der Waals surface area contributed by atoms with Gasteiger partial charge < -0.3 is 10.2 Å². The highest BCUT2D eigenvalue weighted by Gasteiger charge is 2.34. The molecule has 2 aromatic rings. The van der Waals surface area contributed by atoms with Crippen LogP contribution in [-0.2, 0) is 10.0 Å². The largest absolute Gasteiger partial charge is 0.396 e. The lowest BCUT2D eigenvalue weighted by Crippen LogP contribution is -2.47. The molecule has 22 heavy (non-hydrogen) atoms. The van der Waals surface area contributed by atoms with E-state index in [1.807, 2.05) is 6.92 Å². The normalized spacial score (nSPS) is 24.0. The quantitative estimate of drug-likeness (QED) is 0.867. The maximum absolute atomic E-state index is 12.7. The molecule has 1 aromatic carbocycles. The van der Waals surface area contributed by atoms with Gasteiger partial charge in [0.25, 0.3) is 0 Å². The number of hydrogen-bond acceptors (Lipinski definition) is 6. The van der Waals surface area contributed by atoms with Crippen molar-refractivity contribution < 1.29 is 18.6 Å². The minimum absolute atomic E-state index is 0.0211. The van der Waals surface area contributed by atoms with Crippen LogP contribution in [0.25, 0.3) is 10.2 Å². The van der Waals surface area contributed by atoms with Crippen LogP contribution in [0.5, 0.6) is 0 Å². The lowest BCUT2D eigenvalue weighted by atomic mass is 9.96. The topological polar surface area (TPSA) is 90.7 Å². The SMILES string of the molecule is Cc1nc2ccc(S(=O)(=O)N3CC[C@@H](CO)[C@H](O)C3)cc2s1. The third kappa shape index (κ3) is 2.77. The van der Waals surface area contributed by atoms with Crippen molar-refractivity contribution in [1.29, 1.82) is 0 Å². The van der Waals surface area contributed by atoms with Gasteiger partial charge in [-0.15, -0.1) is 11.3 Å². The summed E-state index contributed by atoms with van der Waals surface area (Å²) in [4.78, 5) is 4.54. The van der Waals surface area contributed by atoms with Crippen LogP contribution in [0.3, 0.4) is 0 Å². The number of benzene rings is 1. The summed E-state index contributed by atoms with van der Waals surface area (Å²) in [6.07, 6.45) is -0.373. The Kier molecular flexibility index (Phi) is 4.21. The molecule has 0 unspecified atom stereocenters. The van der Waals surface area contributed by atoms with Crippen molar-refractivity contribution in [3.63, 3.8) is 0 Å². The van der Waals surface area contributed by atoms with E-state index in [0.29, 0.717) is 13.0 Å². The van der Waals surface area contributed by atoms with Gasteiger partial charge in [0.15, 0.2) is 0 Å². The fraction of sp³-hybridized carbons (Fsp3) is 0.500. The summed E-state index contributed by atoms with van der Waals surface area (Å²) in [5, 5.41) is 20.0. The summed E-state index contributed by atoms with van der Waals surface area (Å²) in [6.45, 7) is 2.09. The van der Waals surface area contributed by atoms with E-state index in [1.165, 1.54) is 15.6 Å². The van der Waals surface area contributed by atoms with Gasteiger partial charge in [-0.2, -0.15) is 4.31 Å². The minimum atomic E-state index is -3.64. The molecule has 1 saturated heterocycles. The van der Waals surface area contributed by atoms with Crippen LogP contribution in [0.2, 0.25) is 0 Å². The molecular weight excluding hydrogens is 324 g/mol. The lowest BCUT2D eigenvalue weighted by Gasteiger charge is -2.34. The van der Waals surface area contributed by atoms with Crippen LogP contribution in [0.15, 0.2) is 23.1 Å². The molecule has 0 bridgehead atoms. The van der Waals surface area contributed by atoms with E-state index in [-0.39, 0.29) is 24.0 Å². The number of nitrogens with zero attached hydrogens (tertiary/aromatic N) is 2. The summed E-state index contributed by atoms with van der Waals surface area (Å²) in [5.74, 6) is -0.252. The van der Waals surface area contributed by atoms with Gasteiger partial charge in [0, 0.05) is 25.6 Å². The van der Waals surface area contributed by atoms with Crippen molar-refractivity contribution in [3.8, 4) is 0 Å². The number of fused-ring (bicyclic) bond motifs is 1. The molecule has 8 heteroatoms. The minimum Gasteiger partial charge on any atom is -0.396 e. The van der Waals surface area contributed by atoms with Crippen LogP contribution in [0.1, 0.15) is 11.4 Å². The number of aliphatic hydroxyl groups excluding tert-OH is 2. The molecule has 2 N–H and O–H groups in total. The van der Waals surface area contributed by atoms with Crippen molar-refractivity contribution >= 4 is 31.6 Å². The van der Waals surface area contributed by atoms with Gasteiger partial charge in [-0.05, 0) is 31.5 Å². The van der Waals surface area contributed by atoms with Crippen molar-refractivity contribution in [2.45, 2.75) is 24.3 Å². The number of sulfonamides is 1. The van der Waals surface area contributed by atoms with Crippen molar-refractivity contribution in [2.24, 2.45) is 5.92 Å². The number of rotatable bonds is 3. The molecule has 0 saturated carbocycles. The number of aryl methyl sites for hydroxylation is 1. The molecule has 0 radical (unpaired) electrons. The first-order chi connectivity index (χ1) is 10.4. The van der Waals surface area contributed by atoms with Gasteiger partial charge in [-0.1, -0.05) is 0 Å². The molecule has 120 valence electrons. The fourth-order valence-electron chi connectivity index (χ4n) is 2.71. The molecule has 1 aliphatic heterocycles. The average molecular weight is 342 g/mol. The molecule has 0 spiro atoms. The van der Waals surface area contributed by atoms with Crippen molar-refractivity contribution in [3.05, 3.63) is 23.2 Å². The molecule has 1 aliphatic rings. The first-order valence-corrected chi connectivity index (χ1v) is 9.34. The van der Waals surface area contributed by atoms with E-state index in [9.17, 15) is 13.5 Å². The Hall–Kier alpha value is -1.06. The molecular formula is C14H18N2O4S2. The van der Waals surface area contributed by atoms with Crippen LogP contribution < -0.4 is 0 Å². The van der Waals surface area contributed by atoms with E-state index in [4.69, 9.17) is 5.11 Å². The number of hydrogen-bond donors (Lipinski definition) is 2. The Morgan fingerprint density at radius 3 is 2.91 bits per heavy atom. The predicted octanol–water partition coefficient (Wildman–Crippen LogP) is 0.969. The Morgan fingerprint density at radius 2 is 2.23 bits per heavy atom. The number of aromatic nitrogens is 1. The Labute approximate surface area is 133 Å². The van der Waals surface area contributed by atoms with E-state index >= 15 is 0 Å². The van der Waals surface area contributed by atoms with Crippen molar-refractivity contribution in [2.75, 3.05) is 19.7 Å². The van der Waals surface area contributed by atoms with E-state index in [0.717, 1.165) is 15.2 Å². The van der Waals surface area contributed by atoms with E-state index < -0.39 is 16.1 Å². The Balaban J connectivity index is 1.91. The number of β-amino-alcohol motifs (C(OH)–C–C–N with tert-alkyl or cyclic N) is 1. The Bertz CT molecular complexity index is 787. The van der Waals surface area contributed by atoms with Gasteiger partial charge >= 0.3 is 0 Å². The van der Waals surface area contributed by atoms with E-state index in [1.54, 1.807) is 18.2 Å². The van der Waals surface area contributed by atoms with Crippen LogP contribution in [0, 0.1) is 12.8 Å². The molecule has 0 amide bonds. The summed E-state index contributed by atoms with van der Waals surface area (Å²) >= 11 is 1.46. The predicted molar refractivity (Wildman–Crippen MR) is 84.3 cm³/mol. The highest BCUT2D eigenvalue weighted by molar-refractivity contribution is 7.89. The van der Waals surface area contributed by atoms with Gasteiger partial charge in [0.2, 0.25) is 10.0 Å². The van der Waals surface area contributed by atoms with Crippen molar-refractivity contribution in [1.82, 2.24) is 9.29 Å². The lowest BCUT2D eigenvalue weighted by molar-refractivity contribution is 0.0222. The molecule has 2 atom stereocenters. The number of thiazole rings is 1. The average Bonchev–Trinajstić information content (AvgIpc) is 2.86.